The highest BCUT2D eigenvalue weighted by Crippen LogP contribution is 2.10. The van der Waals surface area contributed by atoms with E-state index in [1.165, 1.54) is 0 Å². The fraction of sp³-hybridized carbons (Fsp3) is 0.188. The van der Waals surface area contributed by atoms with Crippen molar-refractivity contribution in [3.8, 4) is 5.75 Å². The van der Waals surface area contributed by atoms with Crippen LogP contribution in [0.15, 0.2) is 60.7 Å². The molecule has 1 unspecified atom stereocenters. The first-order valence-electron chi connectivity index (χ1n) is 6.53. The van der Waals surface area contributed by atoms with E-state index in [9.17, 15) is 4.79 Å². The van der Waals surface area contributed by atoms with E-state index in [2.05, 4.69) is 10.6 Å². The average Bonchev–Trinajstić information content (AvgIpc) is 2.49. The van der Waals surface area contributed by atoms with E-state index in [4.69, 9.17) is 4.74 Å². The molecule has 0 radical (unpaired) electrons. The van der Waals surface area contributed by atoms with Gasteiger partial charge in [-0.05, 0) is 24.6 Å². The summed E-state index contributed by atoms with van der Waals surface area (Å²) >= 11 is 0. The normalized spacial score (nSPS) is 11.4. The van der Waals surface area contributed by atoms with E-state index >= 15 is 0 Å². The molecule has 0 heterocycles. The predicted octanol–water partition coefficient (Wildman–Crippen LogP) is 3.08. The molecule has 4 heteroatoms. The van der Waals surface area contributed by atoms with Crippen LogP contribution in [0.4, 0.5) is 4.79 Å². The minimum atomic E-state index is -0.253. The number of hydrogen-bond donors (Lipinski definition) is 2. The summed E-state index contributed by atoms with van der Waals surface area (Å²) in [4.78, 5) is 11.7. The summed E-state index contributed by atoms with van der Waals surface area (Å²) in [5.41, 5.74) is 1.06. The third kappa shape index (κ3) is 4.31. The summed E-state index contributed by atoms with van der Waals surface area (Å²) in [6, 6.07) is 18.9. The molecular weight excluding hydrogens is 252 g/mol. The highest BCUT2D eigenvalue weighted by molar-refractivity contribution is 5.74. The van der Waals surface area contributed by atoms with Crippen molar-refractivity contribution >= 4 is 6.03 Å². The van der Waals surface area contributed by atoms with Crippen LogP contribution in [-0.4, -0.2) is 12.8 Å². The van der Waals surface area contributed by atoms with Crippen molar-refractivity contribution in [2.75, 3.05) is 6.73 Å². The molecule has 0 aliphatic heterocycles. The van der Waals surface area contributed by atoms with Gasteiger partial charge in [0.2, 0.25) is 0 Å². The van der Waals surface area contributed by atoms with Crippen LogP contribution in [0.5, 0.6) is 5.75 Å². The molecule has 0 aromatic heterocycles. The van der Waals surface area contributed by atoms with Crippen LogP contribution >= 0.6 is 0 Å². The Balaban J connectivity index is 1.73. The number of urea groups is 1. The Morgan fingerprint density at radius 3 is 2.30 bits per heavy atom. The van der Waals surface area contributed by atoms with Crippen molar-refractivity contribution in [3.63, 3.8) is 0 Å². The van der Waals surface area contributed by atoms with Gasteiger partial charge in [-0.15, -0.1) is 0 Å². The number of hydrogen-bond acceptors (Lipinski definition) is 2. The molecule has 2 rings (SSSR count). The Bertz CT molecular complexity index is 529. The molecule has 2 aromatic carbocycles. The highest BCUT2D eigenvalue weighted by atomic mass is 16.5. The van der Waals surface area contributed by atoms with Crippen LogP contribution in [0.3, 0.4) is 0 Å². The summed E-state index contributed by atoms with van der Waals surface area (Å²) < 4.78 is 5.39. The Kier molecular flexibility index (Phi) is 5.00. The van der Waals surface area contributed by atoms with Crippen LogP contribution < -0.4 is 15.4 Å². The molecule has 0 spiro atoms. The molecule has 1 atom stereocenters. The minimum absolute atomic E-state index is 0.0482. The van der Waals surface area contributed by atoms with Gasteiger partial charge in [0, 0.05) is 0 Å². The average molecular weight is 270 g/mol. The topological polar surface area (TPSA) is 50.4 Å². The number of benzene rings is 2. The van der Waals surface area contributed by atoms with Gasteiger partial charge < -0.3 is 15.4 Å². The van der Waals surface area contributed by atoms with E-state index in [1.54, 1.807) is 0 Å². The first-order valence-corrected chi connectivity index (χ1v) is 6.53. The zero-order chi connectivity index (χ0) is 14.2. The molecule has 0 bridgehead atoms. The van der Waals surface area contributed by atoms with E-state index in [1.807, 2.05) is 67.6 Å². The lowest BCUT2D eigenvalue weighted by molar-refractivity contribution is 0.221. The van der Waals surface area contributed by atoms with Gasteiger partial charge in [-0.25, -0.2) is 4.79 Å². The highest BCUT2D eigenvalue weighted by Gasteiger charge is 2.08. The zero-order valence-corrected chi connectivity index (χ0v) is 11.4. The third-order valence-corrected chi connectivity index (χ3v) is 2.86. The number of rotatable bonds is 5. The van der Waals surface area contributed by atoms with Crippen molar-refractivity contribution < 1.29 is 9.53 Å². The Hall–Kier alpha value is -2.49. The number of carbonyl (C=O) groups is 1. The lowest BCUT2D eigenvalue weighted by Gasteiger charge is -2.15. The van der Waals surface area contributed by atoms with Gasteiger partial charge in [-0.3, -0.25) is 0 Å². The summed E-state index contributed by atoms with van der Waals surface area (Å²) in [6.45, 7) is 2.07. The van der Waals surface area contributed by atoms with Gasteiger partial charge >= 0.3 is 6.03 Å². The summed E-state index contributed by atoms with van der Waals surface area (Å²) in [6.07, 6.45) is 0. The number of ether oxygens (including phenoxy) is 1. The van der Waals surface area contributed by atoms with Crippen LogP contribution in [0, 0.1) is 0 Å². The summed E-state index contributed by atoms with van der Waals surface area (Å²) in [5.74, 6) is 0.726. The fourth-order valence-electron chi connectivity index (χ4n) is 1.77. The number of amides is 2. The monoisotopic (exact) mass is 270 g/mol. The van der Waals surface area contributed by atoms with E-state index in [0.717, 1.165) is 11.3 Å². The molecule has 104 valence electrons. The van der Waals surface area contributed by atoms with Gasteiger partial charge in [-0.2, -0.15) is 0 Å². The van der Waals surface area contributed by atoms with Gasteiger partial charge in [0.15, 0.2) is 6.73 Å². The molecule has 0 saturated heterocycles. The quantitative estimate of drug-likeness (QED) is 0.820. The van der Waals surface area contributed by atoms with Crippen molar-refractivity contribution in [3.05, 3.63) is 66.2 Å². The Morgan fingerprint density at radius 1 is 1.05 bits per heavy atom. The lowest BCUT2D eigenvalue weighted by Crippen LogP contribution is -2.38. The molecule has 2 aromatic rings. The van der Waals surface area contributed by atoms with Crippen LogP contribution in [0.2, 0.25) is 0 Å². The predicted molar refractivity (Wildman–Crippen MR) is 78.5 cm³/mol. The zero-order valence-electron chi connectivity index (χ0n) is 11.4. The van der Waals surface area contributed by atoms with E-state index < -0.39 is 0 Å². The smallest absolute Gasteiger partial charge is 0.317 e. The van der Waals surface area contributed by atoms with Crippen molar-refractivity contribution in [2.45, 2.75) is 13.0 Å². The van der Waals surface area contributed by atoms with Gasteiger partial charge in [0.25, 0.3) is 0 Å². The van der Waals surface area contributed by atoms with Crippen molar-refractivity contribution in [1.29, 1.82) is 0 Å². The molecular formula is C16H18N2O2. The molecule has 2 N–H and O–H groups in total. The first kappa shape index (κ1) is 13.9. The Morgan fingerprint density at radius 2 is 1.65 bits per heavy atom. The molecule has 0 saturated carbocycles. The largest absolute Gasteiger partial charge is 0.473 e. The van der Waals surface area contributed by atoms with E-state index in [0.29, 0.717) is 0 Å². The lowest BCUT2D eigenvalue weighted by atomic mass is 10.1. The molecule has 0 aliphatic carbocycles. The van der Waals surface area contributed by atoms with Gasteiger partial charge in [0.05, 0.1) is 6.04 Å². The summed E-state index contributed by atoms with van der Waals surface area (Å²) in [5, 5.41) is 5.51. The number of para-hydroxylation sites is 1. The van der Waals surface area contributed by atoms with Crippen LogP contribution in [0.1, 0.15) is 18.5 Å². The fourth-order valence-corrected chi connectivity index (χ4v) is 1.77. The van der Waals surface area contributed by atoms with Crippen LogP contribution in [0.25, 0.3) is 0 Å². The maximum Gasteiger partial charge on any atom is 0.317 e. The molecule has 4 nitrogen and oxygen atoms in total. The standard InChI is InChI=1S/C16H18N2O2/c1-13(14-8-4-2-5-9-14)18-16(19)17-12-20-15-10-6-3-7-11-15/h2-11,13H,12H2,1H3,(H2,17,18,19). The van der Waals surface area contributed by atoms with Crippen molar-refractivity contribution in [2.24, 2.45) is 0 Å². The van der Waals surface area contributed by atoms with Gasteiger partial charge in [0.1, 0.15) is 5.75 Å². The second-order valence-electron chi connectivity index (χ2n) is 4.38. The maximum absolute atomic E-state index is 11.7. The number of nitrogens with one attached hydrogen (secondary N) is 2. The van der Waals surface area contributed by atoms with Crippen LogP contribution in [-0.2, 0) is 0 Å². The second kappa shape index (κ2) is 7.19. The molecule has 2 amide bonds. The molecule has 20 heavy (non-hydrogen) atoms. The molecule has 0 fully saturated rings. The first-order chi connectivity index (χ1) is 9.75. The second-order valence-corrected chi connectivity index (χ2v) is 4.38. The SMILES string of the molecule is CC(NC(=O)NCOc1ccccc1)c1ccccc1. The molecule has 0 aliphatic rings. The Labute approximate surface area is 118 Å². The number of carbonyl (C=O) groups excluding carboxylic acids is 1. The van der Waals surface area contributed by atoms with E-state index in [-0.39, 0.29) is 18.8 Å². The third-order valence-electron chi connectivity index (χ3n) is 2.86. The maximum atomic E-state index is 11.7. The summed E-state index contributed by atoms with van der Waals surface area (Å²) in [7, 11) is 0. The minimum Gasteiger partial charge on any atom is -0.473 e. The van der Waals surface area contributed by atoms with Crippen molar-refractivity contribution in [1.82, 2.24) is 10.6 Å². The van der Waals surface area contributed by atoms with Gasteiger partial charge in [-0.1, -0.05) is 48.5 Å².